The van der Waals surface area contributed by atoms with Gasteiger partial charge in [0.1, 0.15) is 0 Å². The molecular weight excluding hydrogens is 304 g/mol. The number of halogens is 1. The fourth-order valence-electron chi connectivity index (χ4n) is 2.54. The summed E-state index contributed by atoms with van der Waals surface area (Å²) in [5, 5.41) is 19.7. The van der Waals surface area contributed by atoms with Crippen LogP contribution in [0, 0.1) is 11.8 Å². The van der Waals surface area contributed by atoms with E-state index in [0.29, 0.717) is 5.02 Å². The van der Waals surface area contributed by atoms with Crippen LogP contribution in [0.3, 0.4) is 0 Å². The lowest BCUT2D eigenvalue weighted by Gasteiger charge is -2.21. The first kappa shape index (κ1) is 15.3. The van der Waals surface area contributed by atoms with Crippen molar-refractivity contribution in [3.05, 3.63) is 34.9 Å². The number of carboxylic acid groups (broad SMARTS) is 1. The Labute approximate surface area is 122 Å². The number of hydrogen-bond donors (Lipinski definition) is 2. The second kappa shape index (κ2) is 5.71. The average Bonchev–Trinajstić information content (AvgIpc) is 2.61. The number of carbonyl (C=O) groups is 1. The molecule has 0 bridgehead atoms. The predicted molar refractivity (Wildman–Crippen MR) is 74.4 cm³/mol. The lowest BCUT2D eigenvalue weighted by Crippen LogP contribution is -2.33. The fourth-order valence-corrected chi connectivity index (χ4v) is 4.61. The molecular formula is C13H15ClO5S. The second-order valence-corrected chi connectivity index (χ2v) is 7.67. The molecule has 1 aromatic carbocycles. The van der Waals surface area contributed by atoms with Crippen molar-refractivity contribution < 1.29 is 23.4 Å². The van der Waals surface area contributed by atoms with Gasteiger partial charge in [-0.2, -0.15) is 0 Å². The van der Waals surface area contributed by atoms with Gasteiger partial charge >= 0.3 is 5.97 Å². The van der Waals surface area contributed by atoms with Crippen molar-refractivity contribution in [3.63, 3.8) is 0 Å². The minimum atomic E-state index is -3.36. The third kappa shape index (κ3) is 3.50. The zero-order valence-corrected chi connectivity index (χ0v) is 12.1. The minimum absolute atomic E-state index is 0.170. The fraction of sp³-hybridized carbons (Fsp3) is 0.462. The van der Waals surface area contributed by atoms with Crippen molar-refractivity contribution in [1.82, 2.24) is 0 Å². The highest BCUT2D eigenvalue weighted by Crippen LogP contribution is 2.29. The number of aliphatic hydroxyl groups excluding tert-OH is 1. The molecule has 1 saturated heterocycles. The van der Waals surface area contributed by atoms with Crippen molar-refractivity contribution >= 4 is 27.4 Å². The van der Waals surface area contributed by atoms with E-state index in [9.17, 15) is 23.4 Å². The van der Waals surface area contributed by atoms with Crippen LogP contribution < -0.4 is 0 Å². The van der Waals surface area contributed by atoms with Gasteiger partial charge in [-0.15, -0.1) is 0 Å². The van der Waals surface area contributed by atoms with E-state index in [4.69, 9.17) is 11.6 Å². The highest BCUT2D eigenvalue weighted by molar-refractivity contribution is 7.91. The van der Waals surface area contributed by atoms with Crippen LogP contribution in [0.4, 0.5) is 0 Å². The van der Waals surface area contributed by atoms with E-state index in [1.165, 1.54) is 0 Å². The monoisotopic (exact) mass is 318 g/mol. The quantitative estimate of drug-likeness (QED) is 0.863. The van der Waals surface area contributed by atoms with Crippen molar-refractivity contribution in [2.45, 2.75) is 12.5 Å². The first-order valence-corrected chi connectivity index (χ1v) is 8.34. The van der Waals surface area contributed by atoms with Crippen LogP contribution in [0.2, 0.25) is 5.02 Å². The van der Waals surface area contributed by atoms with Gasteiger partial charge in [0.2, 0.25) is 0 Å². The Balaban J connectivity index is 2.20. The van der Waals surface area contributed by atoms with Crippen molar-refractivity contribution in [3.8, 4) is 0 Å². The Hall–Kier alpha value is -1.11. The van der Waals surface area contributed by atoms with Crippen molar-refractivity contribution in [1.29, 1.82) is 0 Å². The number of aliphatic hydroxyl groups is 1. The van der Waals surface area contributed by atoms with Gasteiger partial charge in [0, 0.05) is 10.9 Å². The third-order valence-corrected chi connectivity index (χ3v) is 5.56. The van der Waals surface area contributed by atoms with Gasteiger partial charge in [-0.05, 0) is 24.1 Å². The Morgan fingerprint density at radius 2 is 1.90 bits per heavy atom. The standard InChI is InChI=1S/C13H15ClO5S/c14-9-3-1-8(2-4-9)5-10(13(16)17)11-6-20(18,19)7-12(11)15/h1-4,10-12,15H,5-7H2,(H,16,17). The number of sulfone groups is 1. The first-order chi connectivity index (χ1) is 9.28. The summed E-state index contributed by atoms with van der Waals surface area (Å²) < 4.78 is 23.0. The Kier molecular flexibility index (Phi) is 4.36. The molecule has 0 aliphatic carbocycles. The topological polar surface area (TPSA) is 91.7 Å². The summed E-state index contributed by atoms with van der Waals surface area (Å²) in [6, 6.07) is 6.71. The summed E-state index contributed by atoms with van der Waals surface area (Å²) in [5.41, 5.74) is 0.748. The minimum Gasteiger partial charge on any atom is -0.481 e. The molecule has 1 fully saturated rings. The number of rotatable bonds is 4. The lowest BCUT2D eigenvalue weighted by atomic mass is 9.85. The summed E-state index contributed by atoms with van der Waals surface area (Å²) >= 11 is 5.76. The zero-order chi connectivity index (χ0) is 14.9. The summed E-state index contributed by atoms with van der Waals surface area (Å²) in [6.07, 6.45) is -0.947. The molecule has 20 heavy (non-hydrogen) atoms. The van der Waals surface area contributed by atoms with Gasteiger partial charge in [-0.25, -0.2) is 8.42 Å². The van der Waals surface area contributed by atoms with Crippen molar-refractivity contribution in [2.24, 2.45) is 11.8 Å². The predicted octanol–water partition coefficient (Wildman–Crippen LogP) is 0.989. The van der Waals surface area contributed by atoms with E-state index < -0.39 is 33.7 Å². The average molecular weight is 319 g/mol. The molecule has 2 N–H and O–H groups in total. The molecule has 110 valence electrons. The summed E-state index contributed by atoms with van der Waals surface area (Å²) in [4.78, 5) is 11.4. The van der Waals surface area contributed by atoms with Gasteiger partial charge in [0.25, 0.3) is 0 Å². The van der Waals surface area contributed by atoms with E-state index in [0.717, 1.165) is 5.56 Å². The molecule has 1 aromatic rings. The van der Waals surface area contributed by atoms with Crippen molar-refractivity contribution in [2.75, 3.05) is 11.5 Å². The number of aliphatic carboxylic acids is 1. The molecule has 0 radical (unpaired) electrons. The highest BCUT2D eigenvalue weighted by Gasteiger charge is 2.43. The molecule has 2 rings (SSSR count). The Morgan fingerprint density at radius 1 is 1.30 bits per heavy atom. The van der Waals surface area contributed by atoms with Gasteiger partial charge < -0.3 is 10.2 Å². The van der Waals surface area contributed by atoms with Crippen LogP contribution in [0.1, 0.15) is 5.56 Å². The maximum absolute atomic E-state index is 11.5. The van der Waals surface area contributed by atoms with Crippen LogP contribution >= 0.6 is 11.6 Å². The molecule has 0 spiro atoms. The number of hydrogen-bond acceptors (Lipinski definition) is 4. The summed E-state index contributed by atoms with van der Waals surface area (Å²) in [7, 11) is -3.36. The lowest BCUT2D eigenvalue weighted by molar-refractivity contribution is -0.144. The molecule has 0 saturated carbocycles. The summed E-state index contributed by atoms with van der Waals surface area (Å²) in [5.74, 6) is -3.43. The van der Waals surface area contributed by atoms with Crippen LogP contribution in [0.15, 0.2) is 24.3 Å². The molecule has 7 heteroatoms. The molecule has 3 unspecified atom stereocenters. The summed E-state index contributed by atoms with van der Waals surface area (Å²) in [6.45, 7) is 0. The van der Waals surface area contributed by atoms with Crippen LogP contribution in [0.25, 0.3) is 0 Å². The number of carboxylic acids is 1. The normalized spacial score (nSPS) is 26.3. The van der Waals surface area contributed by atoms with E-state index >= 15 is 0 Å². The Bertz CT molecular complexity index is 596. The smallest absolute Gasteiger partial charge is 0.307 e. The molecule has 1 aliphatic rings. The molecule has 0 amide bonds. The Morgan fingerprint density at radius 3 is 2.35 bits per heavy atom. The van der Waals surface area contributed by atoms with E-state index in [1.54, 1.807) is 24.3 Å². The maximum Gasteiger partial charge on any atom is 0.307 e. The molecule has 5 nitrogen and oxygen atoms in total. The van der Waals surface area contributed by atoms with Gasteiger partial charge in [0.05, 0.1) is 23.5 Å². The van der Waals surface area contributed by atoms with E-state index in [2.05, 4.69) is 0 Å². The first-order valence-electron chi connectivity index (χ1n) is 6.14. The molecule has 0 aromatic heterocycles. The van der Waals surface area contributed by atoms with E-state index in [-0.39, 0.29) is 17.9 Å². The molecule has 3 atom stereocenters. The van der Waals surface area contributed by atoms with Crippen LogP contribution in [-0.4, -0.2) is 42.2 Å². The van der Waals surface area contributed by atoms with Crippen LogP contribution in [0.5, 0.6) is 0 Å². The third-order valence-electron chi connectivity index (χ3n) is 3.57. The number of benzene rings is 1. The second-order valence-electron chi connectivity index (χ2n) is 5.08. The highest BCUT2D eigenvalue weighted by atomic mass is 35.5. The van der Waals surface area contributed by atoms with Gasteiger partial charge in [-0.3, -0.25) is 4.79 Å². The SMILES string of the molecule is O=C(O)C(Cc1ccc(Cl)cc1)C1CS(=O)(=O)CC1O. The van der Waals surface area contributed by atoms with Gasteiger partial charge in [-0.1, -0.05) is 23.7 Å². The largest absolute Gasteiger partial charge is 0.481 e. The maximum atomic E-state index is 11.5. The molecule has 1 aliphatic heterocycles. The van der Waals surface area contributed by atoms with Crippen LogP contribution in [-0.2, 0) is 21.1 Å². The van der Waals surface area contributed by atoms with Gasteiger partial charge in [0.15, 0.2) is 9.84 Å². The molecule has 1 heterocycles. The van der Waals surface area contributed by atoms with E-state index in [1.807, 2.05) is 0 Å². The zero-order valence-electron chi connectivity index (χ0n) is 10.6.